The average Bonchev–Trinajstić information content (AvgIpc) is 3.19. The molecule has 0 bridgehead atoms. The molecule has 0 radical (unpaired) electrons. The molecule has 1 N–H and O–H groups in total. The second kappa shape index (κ2) is 9.58. The Balaban J connectivity index is 1.57. The Kier molecular flexibility index (Phi) is 6.78. The number of nitrogens with one attached hydrogen (secondary N) is 1. The molecule has 1 aliphatic rings. The number of nitrogens with zero attached hydrogens (tertiary/aromatic N) is 3. The second-order valence-corrected chi connectivity index (χ2v) is 10.2. The third-order valence-electron chi connectivity index (χ3n) is 5.25. The first-order chi connectivity index (χ1) is 15.7. The first-order valence-electron chi connectivity index (χ1n) is 10.8. The Morgan fingerprint density at radius 3 is 2.61 bits per heavy atom. The van der Waals surface area contributed by atoms with Crippen molar-refractivity contribution in [2.75, 3.05) is 19.6 Å². The molecule has 1 aliphatic heterocycles. The number of rotatable bonds is 3. The van der Waals surface area contributed by atoms with E-state index in [-0.39, 0.29) is 13.2 Å². The van der Waals surface area contributed by atoms with Crippen molar-refractivity contribution in [1.29, 1.82) is 0 Å². The number of hydrogen-bond donors (Lipinski definition) is 1. The highest BCUT2D eigenvalue weighted by atomic mass is 127. The lowest BCUT2D eigenvalue weighted by atomic mass is 10.1. The summed E-state index contributed by atoms with van der Waals surface area (Å²) in [6.07, 6.45) is -0.849. The van der Waals surface area contributed by atoms with Gasteiger partial charge in [0.15, 0.2) is 0 Å². The van der Waals surface area contributed by atoms with Crippen LogP contribution in [-0.4, -0.2) is 57.2 Å². The summed E-state index contributed by atoms with van der Waals surface area (Å²) < 4.78 is 12.2. The smallest absolute Gasteiger partial charge is 0.410 e. The number of ether oxygens (including phenoxy) is 2. The van der Waals surface area contributed by atoms with Crippen LogP contribution < -0.4 is 0 Å². The molecule has 0 unspecified atom stereocenters. The van der Waals surface area contributed by atoms with E-state index < -0.39 is 23.8 Å². The fourth-order valence-corrected chi connectivity index (χ4v) is 4.18. The van der Waals surface area contributed by atoms with Gasteiger partial charge in [-0.2, -0.15) is 0 Å². The lowest BCUT2D eigenvalue weighted by Crippen LogP contribution is -2.53. The van der Waals surface area contributed by atoms with Crippen LogP contribution in [0.15, 0.2) is 48.5 Å². The van der Waals surface area contributed by atoms with Gasteiger partial charge in [-0.05, 0) is 67.1 Å². The van der Waals surface area contributed by atoms with E-state index >= 15 is 0 Å². The molecule has 9 heteroatoms. The van der Waals surface area contributed by atoms with Crippen molar-refractivity contribution in [2.45, 2.75) is 39.0 Å². The summed E-state index contributed by atoms with van der Waals surface area (Å²) in [6, 6.07) is 15.0. The van der Waals surface area contributed by atoms with Crippen molar-refractivity contribution in [3.05, 3.63) is 63.5 Å². The van der Waals surface area contributed by atoms with E-state index in [9.17, 15) is 9.59 Å². The minimum Gasteiger partial charge on any atom is -0.445 e. The molecular weight excluding hydrogens is 535 g/mol. The summed E-state index contributed by atoms with van der Waals surface area (Å²) in [5, 5.41) is 0. The Morgan fingerprint density at radius 1 is 1.12 bits per heavy atom. The standard InChI is InChI=1S/C24H27IN4O4/c1-24(2,3)33-22(30)28-11-12-29(23(31)32-15-16-7-5-4-6-8-16)20(14-28)21-26-18-10-9-17(25)13-19(18)27-21/h4-10,13,20H,11-12,14-15H2,1-3H3,(H,26,27)/t20-/m0/s1. The number of H-pyrrole nitrogens is 1. The Bertz CT molecular complexity index is 1140. The fraction of sp³-hybridized carbons (Fsp3) is 0.375. The average molecular weight is 562 g/mol. The zero-order chi connectivity index (χ0) is 23.6. The molecule has 33 heavy (non-hydrogen) atoms. The second-order valence-electron chi connectivity index (χ2n) is 8.96. The first kappa shape index (κ1) is 23.3. The predicted molar refractivity (Wildman–Crippen MR) is 133 cm³/mol. The number of benzene rings is 2. The maximum Gasteiger partial charge on any atom is 0.410 e. The van der Waals surface area contributed by atoms with Gasteiger partial charge in [0.1, 0.15) is 24.1 Å². The summed E-state index contributed by atoms with van der Waals surface area (Å²) in [4.78, 5) is 37.1. The summed E-state index contributed by atoms with van der Waals surface area (Å²) in [5.41, 5.74) is 1.99. The van der Waals surface area contributed by atoms with E-state index in [0.29, 0.717) is 18.9 Å². The molecule has 4 rings (SSSR count). The van der Waals surface area contributed by atoms with Crippen LogP contribution in [0.4, 0.5) is 9.59 Å². The monoisotopic (exact) mass is 562 g/mol. The number of piperazine rings is 1. The van der Waals surface area contributed by atoms with E-state index in [1.54, 1.807) is 9.80 Å². The molecule has 0 aliphatic carbocycles. The third kappa shape index (κ3) is 5.76. The van der Waals surface area contributed by atoms with Crippen LogP contribution in [0.2, 0.25) is 0 Å². The SMILES string of the molecule is CC(C)(C)OC(=O)N1CCN(C(=O)OCc2ccccc2)[C@H](c2nc3ccc(I)cc3[nH]2)C1. The highest BCUT2D eigenvalue weighted by molar-refractivity contribution is 14.1. The maximum atomic E-state index is 13.1. The van der Waals surface area contributed by atoms with Crippen LogP contribution in [0.25, 0.3) is 11.0 Å². The van der Waals surface area contributed by atoms with Crippen molar-refractivity contribution >= 4 is 45.8 Å². The van der Waals surface area contributed by atoms with Crippen LogP contribution in [-0.2, 0) is 16.1 Å². The topological polar surface area (TPSA) is 87.8 Å². The molecule has 1 aromatic heterocycles. The quantitative estimate of drug-likeness (QED) is 0.449. The third-order valence-corrected chi connectivity index (χ3v) is 5.92. The maximum absolute atomic E-state index is 13.1. The van der Waals surface area contributed by atoms with Crippen LogP contribution in [0.3, 0.4) is 0 Å². The van der Waals surface area contributed by atoms with Crippen molar-refractivity contribution < 1.29 is 19.1 Å². The van der Waals surface area contributed by atoms with Crippen molar-refractivity contribution in [3.63, 3.8) is 0 Å². The zero-order valence-corrected chi connectivity index (χ0v) is 21.0. The van der Waals surface area contributed by atoms with Gasteiger partial charge in [-0.3, -0.25) is 4.90 Å². The molecule has 174 valence electrons. The van der Waals surface area contributed by atoms with Crippen molar-refractivity contribution in [3.8, 4) is 0 Å². The molecule has 2 aromatic carbocycles. The molecule has 1 saturated heterocycles. The molecule has 2 amide bonds. The number of amides is 2. The van der Waals surface area contributed by atoms with Gasteiger partial charge in [0.05, 0.1) is 17.6 Å². The lowest BCUT2D eigenvalue weighted by Gasteiger charge is -2.40. The summed E-state index contributed by atoms with van der Waals surface area (Å²) in [5.74, 6) is 0.608. The van der Waals surface area contributed by atoms with Gasteiger partial charge in [-0.1, -0.05) is 30.3 Å². The number of imidazole rings is 1. The van der Waals surface area contributed by atoms with Crippen molar-refractivity contribution in [1.82, 2.24) is 19.8 Å². The molecule has 1 atom stereocenters. The van der Waals surface area contributed by atoms with Crippen LogP contribution in [0.5, 0.6) is 0 Å². The number of aromatic nitrogens is 2. The Morgan fingerprint density at radius 2 is 1.88 bits per heavy atom. The molecular formula is C24H27IN4O4. The van der Waals surface area contributed by atoms with Gasteiger partial charge in [0.25, 0.3) is 0 Å². The molecule has 1 fully saturated rings. The van der Waals surface area contributed by atoms with Gasteiger partial charge in [0.2, 0.25) is 0 Å². The van der Waals surface area contributed by atoms with Crippen LogP contribution in [0, 0.1) is 3.57 Å². The largest absolute Gasteiger partial charge is 0.445 e. The molecule has 0 saturated carbocycles. The molecule has 8 nitrogen and oxygen atoms in total. The molecule has 3 aromatic rings. The van der Waals surface area contributed by atoms with Crippen LogP contribution in [0.1, 0.15) is 38.2 Å². The van der Waals surface area contributed by atoms with Crippen molar-refractivity contribution in [2.24, 2.45) is 0 Å². The summed E-state index contributed by atoms with van der Waals surface area (Å²) >= 11 is 2.25. The highest BCUT2D eigenvalue weighted by Crippen LogP contribution is 2.28. The van der Waals surface area contributed by atoms with E-state index in [1.807, 2.05) is 69.3 Å². The number of fused-ring (bicyclic) bond motifs is 1. The van der Waals surface area contributed by atoms with E-state index in [4.69, 9.17) is 14.5 Å². The number of carbonyl (C=O) groups excluding carboxylic acids is 2. The molecule has 2 heterocycles. The van der Waals surface area contributed by atoms with Gasteiger partial charge < -0.3 is 19.4 Å². The minimum absolute atomic E-state index is 0.178. The van der Waals surface area contributed by atoms with E-state index in [1.165, 1.54) is 0 Å². The predicted octanol–water partition coefficient (Wildman–Crippen LogP) is 5.10. The van der Waals surface area contributed by atoms with Gasteiger partial charge >= 0.3 is 12.2 Å². The van der Waals surface area contributed by atoms with Gasteiger partial charge in [0, 0.05) is 16.7 Å². The molecule has 0 spiro atoms. The van der Waals surface area contributed by atoms with Gasteiger partial charge in [-0.15, -0.1) is 0 Å². The number of halogens is 1. The summed E-state index contributed by atoms with van der Waals surface area (Å²) in [6.45, 7) is 6.60. The Labute approximate surface area is 206 Å². The number of carbonyl (C=O) groups is 2. The highest BCUT2D eigenvalue weighted by Gasteiger charge is 2.37. The normalized spacial score (nSPS) is 16.7. The summed E-state index contributed by atoms with van der Waals surface area (Å²) in [7, 11) is 0. The first-order valence-corrected chi connectivity index (χ1v) is 11.9. The zero-order valence-electron chi connectivity index (χ0n) is 18.9. The fourth-order valence-electron chi connectivity index (χ4n) is 3.69. The minimum atomic E-state index is -0.603. The number of hydrogen-bond acceptors (Lipinski definition) is 5. The van der Waals surface area contributed by atoms with Crippen LogP contribution >= 0.6 is 22.6 Å². The van der Waals surface area contributed by atoms with E-state index in [2.05, 4.69) is 27.6 Å². The Hall–Kier alpha value is -2.82. The van der Waals surface area contributed by atoms with E-state index in [0.717, 1.165) is 20.2 Å². The number of aromatic amines is 1. The van der Waals surface area contributed by atoms with Gasteiger partial charge in [-0.25, -0.2) is 14.6 Å². The lowest BCUT2D eigenvalue weighted by molar-refractivity contribution is -0.0000948.